The van der Waals surface area contributed by atoms with Crippen LogP contribution >= 0.6 is 0 Å². The molecular weight excluding hydrogens is 472 g/mol. The van der Waals surface area contributed by atoms with Gasteiger partial charge < -0.3 is 4.74 Å². The van der Waals surface area contributed by atoms with Gasteiger partial charge in [0.05, 0.1) is 21.6 Å². The van der Waals surface area contributed by atoms with E-state index in [0.29, 0.717) is 11.5 Å². The molecular formula is C30H46O3S2. The van der Waals surface area contributed by atoms with Crippen molar-refractivity contribution in [2.75, 3.05) is 11.5 Å². The molecule has 0 aliphatic rings. The first-order chi connectivity index (χ1) is 17.0. The van der Waals surface area contributed by atoms with Gasteiger partial charge in [-0.1, -0.05) is 66.2 Å². The molecule has 2 rings (SSSR count). The molecule has 2 unspecified atom stereocenters. The topological polar surface area (TPSA) is 43.4 Å². The van der Waals surface area contributed by atoms with Crippen LogP contribution in [0.4, 0.5) is 0 Å². The molecule has 0 amide bonds. The van der Waals surface area contributed by atoms with Gasteiger partial charge in [-0.05, 0) is 86.1 Å². The van der Waals surface area contributed by atoms with E-state index in [0.717, 1.165) is 96.6 Å². The van der Waals surface area contributed by atoms with Crippen LogP contribution in [0.1, 0.15) is 103 Å². The molecule has 0 heterocycles. The first-order valence-electron chi connectivity index (χ1n) is 13.7. The van der Waals surface area contributed by atoms with Crippen molar-refractivity contribution in [3.63, 3.8) is 0 Å². The lowest BCUT2D eigenvalue weighted by atomic mass is 10.0. The summed E-state index contributed by atoms with van der Waals surface area (Å²) in [6, 6.07) is 12.1. The predicted molar refractivity (Wildman–Crippen MR) is 152 cm³/mol. The quantitative estimate of drug-likeness (QED) is 0.185. The van der Waals surface area contributed by atoms with Gasteiger partial charge in [-0.2, -0.15) is 0 Å². The Bertz CT molecular complexity index is 864. The minimum absolute atomic E-state index is 0.712. The highest BCUT2D eigenvalue weighted by Crippen LogP contribution is 2.33. The number of aryl methyl sites for hydroxylation is 2. The van der Waals surface area contributed by atoms with Crippen LogP contribution in [0.5, 0.6) is 11.5 Å². The number of ether oxygens (including phenoxy) is 1. The summed E-state index contributed by atoms with van der Waals surface area (Å²) in [4.78, 5) is 1.81. The van der Waals surface area contributed by atoms with Gasteiger partial charge in [0, 0.05) is 21.3 Å². The maximum atomic E-state index is 12.8. The van der Waals surface area contributed by atoms with Gasteiger partial charge in [0.25, 0.3) is 0 Å². The van der Waals surface area contributed by atoms with Crippen molar-refractivity contribution >= 4 is 21.6 Å². The summed E-state index contributed by atoms with van der Waals surface area (Å²) in [5.74, 6) is 3.13. The zero-order valence-corrected chi connectivity index (χ0v) is 24.0. The molecule has 2 aromatic rings. The fraction of sp³-hybridized carbons (Fsp3) is 0.600. The molecule has 0 radical (unpaired) electrons. The first-order valence-corrected chi connectivity index (χ1v) is 16.4. The van der Waals surface area contributed by atoms with Crippen molar-refractivity contribution in [3.8, 4) is 11.5 Å². The smallest absolute Gasteiger partial charge is 0.130 e. The van der Waals surface area contributed by atoms with E-state index < -0.39 is 21.6 Å². The fourth-order valence-electron chi connectivity index (χ4n) is 4.02. The van der Waals surface area contributed by atoms with Crippen LogP contribution in [0.3, 0.4) is 0 Å². The van der Waals surface area contributed by atoms with Gasteiger partial charge in [0.2, 0.25) is 0 Å². The maximum Gasteiger partial charge on any atom is 0.130 e. The fourth-order valence-corrected chi connectivity index (χ4v) is 6.58. The molecule has 0 fully saturated rings. The lowest BCUT2D eigenvalue weighted by molar-refractivity contribution is 0.466. The van der Waals surface area contributed by atoms with E-state index >= 15 is 0 Å². The standard InChI is InChI=1S/C30H46O3S2/c1-5-9-13-15-25-23-27(34(31)21-11-7-3)17-19-29(25)33-30-20-18-28(35(32)22-12-8-4)24-26(30)16-14-10-6-2/h17-20,23-24H,5-16,21-22H2,1-4H3. The summed E-state index contributed by atoms with van der Waals surface area (Å²) in [6.07, 6.45) is 12.8. The van der Waals surface area contributed by atoms with Crippen molar-refractivity contribution in [3.05, 3.63) is 47.5 Å². The SMILES string of the molecule is CCCCCc1cc(S(=O)CCCC)ccc1Oc1ccc(S(=O)CCCC)cc1CCCCC. The zero-order valence-electron chi connectivity index (χ0n) is 22.4. The van der Waals surface area contributed by atoms with Crippen molar-refractivity contribution in [2.45, 2.75) is 115 Å². The lowest BCUT2D eigenvalue weighted by Gasteiger charge is -2.17. The Morgan fingerprint density at radius 3 is 1.34 bits per heavy atom. The molecule has 0 bridgehead atoms. The van der Waals surface area contributed by atoms with Crippen molar-refractivity contribution in [1.82, 2.24) is 0 Å². The van der Waals surface area contributed by atoms with Crippen LogP contribution in [0.25, 0.3) is 0 Å². The third-order valence-electron chi connectivity index (χ3n) is 6.28. The van der Waals surface area contributed by atoms with Crippen molar-refractivity contribution < 1.29 is 13.2 Å². The van der Waals surface area contributed by atoms with Gasteiger partial charge >= 0.3 is 0 Å². The second-order valence-electron chi connectivity index (χ2n) is 9.36. The Morgan fingerprint density at radius 2 is 0.971 bits per heavy atom. The highest BCUT2D eigenvalue weighted by Gasteiger charge is 2.14. The van der Waals surface area contributed by atoms with Crippen LogP contribution < -0.4 is 4.74 Å². The zero-order chi connectivity index (χ0) is 25.5. The molecule has 0 saturated carbocycles. The van der Waals surface area contributed by atoms with E-state index in [1.165, 1.54) is 12.8 Å². The molecule has 0 aromatic heterocycles. The Morgan fingerprint density at radius 1 is 0.571 bits per heavy atom. The summed E-state index contributed by atoms with van der Waals surface area (Å²) in [5, 5.41) is 0. The second-order valence-corrected chi connectivity index (χ2v) is 12.5. The number of rotatable bonds is 18. The van der Waals surface area contributed by atoms with Crippen LogP contribution in [-0.4, -0.2) is 19.9 Å². The van der Waals surface area contributed by atoms with Crippen molar-refractivity contribution in [2.24, 2.45) is 0 Å². The normalized spacial score (nSPS) is 13.0. The molecule has 0 N–H and O–H groups in total. The molecule has 0 saturated heterocycles. The summed E-state index contributed by atoms with van der Waals surface area (Å²) in [7, 11) is -1.93. The monoisotopic (exact) mass is 518 g/mol. The van der Waals surface area contributed by atoms with E-state index in [1.54, 1.807) is 0 Å². The lowest BCUT2D eigenvalue weighted by Crippen LogP contribution is -2.03. The summed E-state index contributed by atoms with van der Waals surface area (Å²) in [5.41, 5.74) is 2.27. The van der Waals surface area contributed by atoms with Gasteiger partial charge in [-0.15, -0.1) is 0 Å². The highest BCUT2D eigenvalue weighted by atomic mass is 32.2. The molecule has 2 atom stereocenters. The number of hydrogen-bond acceptors (Lipinski definition) is 3. The Hall–Kier alpha value is -1.46. The predicted octanol–water partition coefficient (Wildman–Crippen LogP) is 8.76. The molecule has 5 heteroatoms. The summed E-state index contributed by atoms with van der Waals surface area (Å²) < 4.78 is 32.1. The van der Waals surface area contributed by atoms with E-state index in [2.05, 4.69) is 39.8 Å². The summed E-state index contributed by atoms with van der Waals surface area (Å²) in [6.45, 7) is 8.69. The van der Waals surface area contributed by atoms with E-state index in [4.69, 9.17) is 4.74 Å². The number of hydrogen-bond donors (Lipinski definition) is 0. The average Bonchev–Trinajstić information content (AvgIpc) is 2.87. The average molecular weight is 519 g/mol. The van der Waals surface area contributed by atoms with Gasteiger partial charge in [-0.25, -0.2) is 0 Å². The Labute approximate surface area is 219 Å². The molecule has 0 aliphatic carbocycles. The maximum absolute atomic E-state index is 12.8. The third kappa shape index (κ3) is 10.2. The van der Waals surface area contributed by atoms with E-state index in [9.17, 15) is 8.42 Å². The Kier molecular flexibility index (Phi) is 14.5. The van der Waals surface area contributed by atoms with Crippen LogP contribution in [0, 0.1) is 0 Å². The largest absolute Gasteiger partial charge is 0.457 e. The number of benzene rings is 2. The van der Waals surface area contributed by atoms with Crippen LogP contribution in [0.2, 0.25) is 0 Å². The van der Waals surface area contributed by atoms with E-state index in [-0.39, 0.29) is 0 Å². The summed E-state index contributed by atoms with van der Waals surface area (Å²) >= 11 is 0. The number of unbranched alkanes of at least 4 members (excludes halogenated alkanes) is 6. The molecule has 0 aliphatic heterocycles. The molecule has 2 aromatic carbocycles. The second kappa shape index (κ2) is 17.1. The molecule has 35 heavy (non-hydrogen) atoms. The molecule has 0 spiro atoms. The first kappa shape index (κ1) is 29.8. The van der Waals surface area contributed by atoms with E-state index in [1.807, 2.05) is 24.3 Å². The highest BCUT2D eigenvalue weighted by molar-refractivity contribution is 7.85. The van der Waals surface area contributed by atoms with Gasteiger partial charge in [0.1, 0.15) is 11.5 Å². The van der Waals surface area contributed by atoms with Gasteiger partial charge in [-0.3, -0.25) is 8.42 Å². The minimum Gasteiger partial charge on any atom is -0.457 e. The van der Waals surface area contributed by atoms with Gasteiger partial charge in [0.15, 0.2) is 0 Å². The van der Waals surface area contributed by atoms with Crippen molar-refractivity contribution in [1.29, 1.82) is 0 Å². The van der Waals surface area contributed by atoms with Crippen LogP contribution in [-0.2, 0) is 34.4 Å². The molecule has 3 nitrogen and oxygen atoms in total. The Balaban J connectivity index is 2.34. The molecule has 196 valence electrons. The van der Waals surface area contributed by atoms with Crippen LogP contribution in [0.15, 0.2) is 46.2 Å². The third-order valence-corrected chi connectivity index (χ3v) is 9.15. The minimum atomic E-state index is -0.966.